The van der Waals surface area contributed by atoms with Gasteiger partial charge in [-0.3, -0.25) is 9.30 Å². The van der Waals surface area contributed by atoms with Crippen LogP contribution in [0.3, 0.4) is 0 Å². The summed E-state index contributed by atoms with van der Waals surface area (Å²) in [4.78, 5) is 11.9. The van der Waals surface area contributed by atoms with Crippen LogP contribution in [0.25, 0.3) is 27.8 Å². The van der Waals surface area contributed by atoms with Crippen molar-refractivity contribution in [3.63, 3.8) is 0 Å². The number of halogens is 1. The number of nitrogens with zero attached hydrogens (tertiary/aromatic N) is 7. The number of hydrogen-bond acceptors (Lipinski definition) is 8. The standard InChI is InChI=1S/C30H30ClN7O2/c1-35(29-25-8-7-22(31)16-27(25)38-19-32-34-30(38)33-29)23-5-3-4-20(14-23)21-6-9-26(28(15-21)39-2)37-12-10-36(11-13-37)24-17-40-18-24/h3-9,14-16,19,24H,10-13,17-18H2,1-2H3. The Morgan fingerprint density at radius 2 is 1.80 bits per heavy atom. The number of benzene rings is 3. The van der Waals surface area contributed by atoms with Crippen molar-refractivity contribution in [2.45, 2.75) is 6.04 Å². The molecule has 40 heavy (non-hydrogen) atoms. The highest BCUT2D eigenvalue weighted by atomic mass is 35.5. The maximum atomic E-state index is 6.33. The van der Waals surface area contributed by atoms with Crippen molar-refractivity contribution in [1.82, 2.24) is 24.5 Å². The summed E-state index contributed by atoms with van der Waals surface area (Å²) in [6.45, 7) is 5.78. The lowest BCUT2D eigenvalue weighted by atomic mass is 10.0. The second-order valence-electron chi connectivity index (χ2n) is 10.3. The number of piperazine rings is 1. The van der Waals surface area contributed by atoms with Crippen LogP contribution in [-0.2, 0) is 4.74 Å². The Balaban J connectivity index is 1.18. The van der Waals surface area contributed by atoms with Crippen LogP contribution in [0, 0.1) is 0 Å². The fraction of sp³-hybridized carbons (Fsp3) is 0.300. The van der Waals surface area contributed by atoms with Crippen LogP contribution in [-0.4, -0.2) is 84.1 Å². The summed E-state index contributed by atoms with van der Waals surface area (Å²) in [6.07, 6.45) is 1.66. The van der Waals surface area contributed by atoms with Gasteiger partial charge in [-0.2, -0.15) is 4.98 Å². The van der Waals surface area contributed by atoms with Crippen molar-refractivity contribution in [3.8, 4) is 16.9 Å². The van der Waals surface area contributed by atoms with E-state index < -0.39 is 0 Å². The van der Waals surface area contributed by atoms with E-state index in [1.54, 1.807) is 13.4 Å². The van der Waals surface area contributed by atoms with Crippen molar-refractivity contribution >= 4 is 45.5 Å². The van der Waals surface area contributed by atoms with Gasteiger partial charge < -0.3 is 19.3 Å². The number of hydrogen-bond donors (Lipinski definition) is 0. The van der Waals surface area contributed by atoms with Crippen LogP contribution in [0.1, 0.15) is 0 Å². The lowest BCUT2D eigenvalue weighted by Gasteiger charge is -2.43. The summed E-state index contributed by atoms with van der Waals surface area (Å²) >= 11 is 6.33. The molecule has 10 heteroatoms. The van der Waals surface area contributed by atoms with Crippen LogP contribution < -0.4 is 14.5 Å². The van der Waals surface area contributed by atoms with Crippen molar-refractivity contribution in [2.75, 3.05) is 63.4 Å². The molecule has 0 bridgehead atoms. The lowest BCUT2D eigenvalue weighted by molar-refractivity contribution is -0.0660. The van der Waals surface area contributed by atoms with Gasteiger partial charge >= 0.3 is 0 Å². The molecular formula is C30H30ClN7O2. The molecule has 0 spiro atoms. The molecule has 0 aliphatic carbocycles. The van der Waals surface area contributed by atoms with Gasteiger partial charge in [0, 0.05) is 49.3 Å². The van der Waals surface area contributed by atoms with Crippen LogP contribution in [0.5, 0.6) is 5.75 Å². The minimum Gasteiger partial charge on any atom is -0.495 e. The van der Waals surface area contributed by atoms with Crippen molar-refractivity contribution in [1.29, 1.82) is 0 Å². The molecule has 0 unspecified atom stereocenters. The summed E-state index contributed by atoms with van der Waals surface area (Å²) in [6, 6.07) is 21.3. The molecule has 0 radical (unpaired) electrons. The van der Waals surface area contributed by atoms with Crippen molar-refractivity contribution in [3.05, 3.63) is 72.0 Å². The van der Waals surface area contributed by atoms with Gasteiger partial charge in [-0.15, -0.1) is 10.2 Å². The van der Waals surface area contributed by atoms with Gasteiger partial charge in [0.1, 0.15) is 17.9 Å². The molecule has 0 N–H and O–H groups in total. The molecule has 2 aliphatic rings. The quantitative estimate of drug-likeness (QED) is 0.293. The van der Waals surface area contributed by atoms with E-state index >= 15 is 0 Å². The zero-order valence-electron chi connectivity index (χ0n) is 22.5. The van der Waals surface area contributed by atoms with E-state index in [4.69, 9.17) is 26.1 Å². The van der Waals surface area contributed by atoms with E-state index in [1.165, 1.54) is 0 Å². The second kappa shape index (κ2) is 10.2. The Morgan fingerprint density at radius 1 is 0.975 bits per heavy atom. The minimum atomic E-state index is 0.523. The average molecular weight is 556 g/mol. The Bertz CT molecular complexity index is 1690. The predicted molar refractivity (Wildman–Crippen MR) is 158 cm³/mol. The first-order valence-electron chi connectivity index (χ1n) is 13.5. The monoisotopic (exact) mass is 555 g/mol. The molecular weight excluding hydrogens is 526 g/mol. The molecule has 2 saturated heterocycles. The maximum absolute atomic E-state index is 6.33. The number of rotatable bonds is 6. The fourth-order valence-electron chi connectivity index (χ4n) is 5.68. The van der Waals surface area contributed by atoms with E-state index in [2.05, 4.69) is 67.4 Å². The molecule has 204 valence electrons. The molecule has 0 amide bonds. The molecule has 5 aromatic rings. The van der Waals surface area contributed by atoms with Crippen LogP contribution in [0.2, 0.25) is 5.02 Å². The second-order valence-corrected chi connectivity index (χ2v) is 10.7. The van der Waals surface area contributed by atoms with E-state index in [0.717, 1.165) is 84.4 Å². The third-order valence-corrected chi connectivity index (χ3v) is 8.29. The zero-order valence-corrected chi connectivity index (χ0v) is 23.3. The van der Waals surface area contributed by atoms with Gasteiger partial charge in [-0.25, -0.2) is 0 Å². The molecule has 2 fully saturated rings. The molecule has 7 rings (SSSR count). The normalized spacial score (nSPS) is 16.4. The first-order chi connectivity index (χ1) is 19.6. The molecule has 2 aliphatic heterocycles. The molecule has 2 aromatic heterocycles. The summed E-state index contributed by atoms with van der Waals surface area (Å²) < 4.78 is 13.1. The highest BCUT2D eigenvalue weighted by Crippen LogP contribution is 2.37. The van der Waals surface area contributed by atoms with Crippen LogP contribution >= 0.6 is 11.6 Å². The largest absolute Gasteiger partial charge is 0.495 e. The van der Waals surface area contributed by atoms with Gasteiger partial charge in [0.05, 0.1) is 37.6 Å². The molecule has 4 heterocycles. The smallest absolute Gasteiger partial charge is 0.257 e. The number of fused-ring (bicyclic) bond motifs is 3. The maximum Gasteiger partial charge on any atom is 0.257 e. The average Bonchev–Trinajstić information content (AvgIpc) is 3.45. The lowest BCUT2D eigenvalue weighted by Crippen LogP contribution is -2.56. The first kappa shape index (κ1) is 25.1. The molecule has 0 saturated carbocycles. The van der Waals surface area contributed by atoms with E-state index in [1.807, 2.05) is 29.6 Å². The van der Waals surface area contributed by atoms with Gasteiger partial charge in [0.15, 0.2) is 0 Å². The zero-order chi connectivity index (χ0) is 27.2. The number of ether oxygens (including phenoxy) is 2. The highest BCUT2D eigenvalue weighted by Gasteiger charge is 2.29. The van der Waals surface area contributed by atoms with Crippen LogP contribution in [0.15, 0.2) is 67.0 Å². The Hall–Kier alpha value is -3.92. The summed E-state index contributed by atoms with van der Waals surface area (Å²) in [5, 5.41) is 9.85. The minimum absolute atomic E-state index is 0.523. The van der Waals surface area contributed by atoms with Crippen molar-refractivity contribution in [2.24, 2.45) is 0 Å². The summed E-state index contributed by atoms with van der Waals surface area (Å²) in [7, 11) is 3.76. The van der Waals surface area contributed by atoms with Crippen molar-refractivity contribution < 1.29 is 9.47 Å². The van der Waals surface area contributed by atoms with Gasteiger partial charge in [0.25, 0.3) is 5.78 Å². The number of anilines is 3. The van der Waals surface area contributed by atoms with Gasteiger partial charge in [-0.1, -0.05) is 29.8 Å². The Labute approximate surface area is 237 Å². The molecule has 0 atom stereocenters. The van der Waals surface area contributed by atoms with E-state index in [9.17, 15) is 0 Å². The highest BCUT2D eigenvalue weighted by molar-refractivity contribution is 6.31. The first-order valence-corrected chi connectivity index (χ1v) is 13.8. The van der Waals surface area contributed by atoms with E-state index in [0.29, 0.717) is 16.8 Å². The molecule has 9 nitrogen and oxygen atoms in total. The fourth-order valence-corrected chi connectivity index (χ4v) is 5.84. The van der Waals surface area contributed by atoms with Gasteiger partial charge in [0.2, 0.25) is 0 Å². The third-order valence-electron chi connectivity index (χ3n) is 8.05. The SMILES string of the molecule is COc1cc(-c2cccc(N(C)c3nc4nncn4c4cc(Cl)ccc34)c2)ccc1N1CCN(C2COC2)CC1. The topological polar surface area (TPSA) is 71.3 Å². The number of aromatic nitrogens is 4. The third kappa shape index (κ3) is 4.40. The van der Waals surface area contributed by atoms with Crippen LogP contribution in [0.4, 0.5) is 17.2 Å². The van der Waals surface area contributed by atoms with E-state index in [-0.39, 0.29) is 0 Å². The summed E-state index contributed by atoms with van der Waals surface area (Å²) in [5.41, 5.74) is 5.24. The summed E-state index contributed by atoms with van der Waals surface area (Å²) in [5.74, 6) is 2.19. The van der Waals surface area contributed by atoms with Gasteiger partial charge in [-0.05, 0) is 53.6 Å². The Kier molecular flexibility index (Phi) is 6.42. The Morgan fingerprint density at radius 3 is 2.58 bits per heavy atom. The molecule has 3 aromatic carbocycles. The predicted octanol–water partition coefficient (Wildman–Crippen LogP) is 4.90. The number of methoxy groups -OCH3 is 1.